The molecule has 0 aromatic heterocycles. The van der Waals surface area contributed by atoms with E-state index in [1.54, 1.807) is 24.3 Å². The van der Waals surface area contributed by atoms with E-state index in [1.807, 2.05) is 6.07 Å². The standard InChI is InChI=1S/C6H6O.C2Cl4/c7-6-4-2-1-3-5-6;3-1(4)2(5)6/h1-5,7H;. The number of phenolic OH excluding ortho intramolecular Hbond substituents is 1. The third-order valence-electron chi connectivity index (χ3n) is 0.899. The minimum atomic E-state index is -0.0988. The third kappa shape index (κ3) is 8.26. The van der Waals surface area contributed by atoms with Crippen LogP contribution in [0, 0.1) is 0 Å². The first-order chi connectivity index (χ1) is 6.04. The number of benzene rings is 1. The fourth-order valence-corrected chi connectivity index (χ4v) is 0.428. The molecular weight excluding hydrogens is 254 g/mol. The number of hydrogen-bond donors (Lipinski definition) is 1. The molecule has 0 amide bonds. The highest BCUT2D eigenvalue weighted by atomic mass is 35.5. The smallest absolute Gasteiger partial charge is 0.136 e. The fraction of sp³-hybridized carbons (Fsp3) is 0. The van der Waals surface area contributed by atoms with Crippen molar-refractivity contribution in [2.75, 3.05) is 0 Å². The molecule has 1 nitrogen and oxygen atoms in total. The molecule has 0 aliphatic heterocycles. The van der Waals surface area contributed by atoms with Gasteiger partial charge in [-0.25, -0.2) is 0 Å². The summed E-state index contributed by atoms with van der Waals surface area (Å²) in [6.07, 6.45) is 0. The highest BCUT2D eigenvalue weighted by molar-refractivity contribution is 6.67. The molecule has 5 heteroatoms. The average molecular weight is 260 g/mol. The van der Waals surface area contributed by atoms with E-state index < -0.39 is 0 Å². The summed E-state index contributed by atoms with van der Waals surface area (Å²) in [5.74, 6) is 0.322. The summed E-state index contributed by atoms with van der Waals surface area (Å²) in [7, 11) is 0. The van der Waals surface area contributed by atoms with Crippen molar-refractivity contribution in [1.82, 2.24) is 0 Å². The minimum Gasteiger partial charge on any atom is -0.508 e. The Kier molecular flexibility index (Phi) is 7.29. The molecule has 0 heterocycles. The molecule has 0 saturated heterocycles. The number of phenols is 1. The zero-order valence-electron chi connectivity index (χ0n) is 6.35. The van der Waals surface area contributed by atoms with Crippen molar-refractivity contribution < 1.29 is 5.11 Å². The van der Waals surface area contributed by atoms with Crippen LogP contribution < -0.4 is 0 Å². The van der Waals surface area contributed by atoms with Crippen LogP contribution in [0.2, 0.25) is 0 Å². The summed E-state index contributed by atoms with van der Waals surface area (Å²) in [6.45, 7) is 0. The van der Waals surface area contributed by atoms with Gasteiger partial charge in [-0.15, -0.1) is 0 Å². The summed E-state index contributed by atoms with van der Waals surface area (Å²) in [4.78, 5) is 0. The van der Waals surface area contributed by atoms with Crippen molar-refractivity contribution in [2.24, 2.45) is 0 Å². The normalized spacial score (nSPS) is 8.31. The lowest BCUT2D eigenvalue weighted by Gasteiger charge is -1.82. The molecule has 0 aliphatic rings. The van der Waals surface area contributed by atoms with Crippen molar-refractivity contribution in [2.45, 2.75) is 0 Å². The molecule has 0 aliphatic carbocycles. The molecule has 0 spiro atoms. The Morgan fingerprint density at radius 2 is 1.23 bits per heavy atom. The second-order valence-corrected chi connectivity index (χ2v) is 3.76. The molecule has 72 valence electrons. The van der Waals surface area contributed by atoms with E-state index in [0.717, 1.165) is 0 Å². The molecule has 1 aromatic rings. The lowest BCUT2D eigenvalue weighted by atomic mass is 10.3. The second kappa shape index (κ2) is 7.34. The van der Waals surface area contributed by atoms with Crippen LogP contribution in [0.1, 0.15) is 0 Å². The molecule has 0 unspecified atom stereocenters. The Morgan fingerprint density at radius 1 is 0.846 bits per heavy atom. The lowest BCUT2D eigenvalue weighted by molar-refractivity contribution is 0.475. The molecule has 0 fully saturated rings. The van der Waals surface area contributed by atoms with Crippen LogP contribution in [-0.2, 0) is 0 Å². The van der Waals surface area contributed by atoms with Gasteiger partial charge in [0.25, 0.3) is 0 Å². The Labute approximate surface area is 96.5 Å². The van der Waals surface area contributed by atoms with Crippen LogP contribution in [0.4, 0.5) is 0 Å². The van der Waals surface area contributed by atoms with Gasteiger partial charge in [-0.3, -0.25) is 0 Å². The van der Waals surface area contributed by atoms with Crippen LogP contribution in [0.25, 0.3) is 0 Å². The number of rotatable bonds is 0. The summed E-state index contributed by atoms with van der Waals surface area (Å²) in [6, 6.07) is 8.71. The monoisotopic (exact) mass is 258 g/mol. The summed E-state index contributed by atoms with van der Waals surface area (Å²) in [5.41, 5.74) is 0. The Bertz CT molecular complexity index is 253. The van der Waals surface area contributed by atoms with Crippen molar-refractivity contribution >= 4 is 46.4 Å². The van der Waals surface area contributed by atoms with Gasteiger partial charge in [-0.05, 0) is 12.1 Å². The Morgan fingerprint density at radius 3 is 1.38 bits per heavy atom. The average Bonchev–Trinajstić information content (AvgIpc) is 2.06. The van der Waals surface area contributed by atoms with Crippen molar-refractivity contribution in [3.05, 3.63) is 39.3 Å². The second-order valence-electron chi connectivity index (χ2n) is 1.86. The van der Waals surface area contributed by atoms with E-state index in [4.69, 9.17) is 51.5 Å². The molecule has 0 atom stereocenters. The number of aromatic hydroxyl groups is 1. The van der Waals surface area contributed by atoms with Crippen molar-refractivity contribution in [3.63, 3.8) is 0 Å². The van der Waals surface area contributed by atoms with E-state index in [9.17, 15) is 0 Å². The van der Waals surface area contributed by atoms with E-state index in [1.165, 1.54) is 0 Å². The van der Waals surface area contributed by atoms with Crippen LogP contribution >= 0.6 is 46.4 Å². The van der Waals surface area contributed by atoms with Crippen molar-refractivity contribution in [3.8, 4) is 5.75 Å². The van der Waals surface area contributed by atoms with E-state index in [2.05, 4.69) is 0 Å². The van der Waals surface area contributed by atoms with Gasteiger partial charge in [0.05, 0.1) is 0 Å². The van der Waals surface area contributed by atoms with Crippen molar-refractivity contribution in [1.29, 1.82) is 0 Å². The van der Waals surface area contributed by atoms with Gasteiger partial charge >= 0.3 is 0 Å². The number of halogens is 4. The Hall–Kier alpha value is -0.0800. The summed E-state index contributed by atoms with van der Waals surface area (Å²) in [5, 5.41) is 8.63. The number of hydrogen-bond acceptors (Lipinski definition) is 1. The molecular formula is C8H6Cl4O. The minimum absolute atomic E-state index is 0.0988. The van der Waals surface area contributed by atoms with Gasteiger partial charge in [0.15, 0.2) is 0 Å². The first-order valence-corrected chi connectivity index (χ1v) is 4.65. The van der Waals surface area contributed by atoms with Crippen LogP contribution in [-0.4, -0.2) is 5.11 Å². The Balaban J connectivity index is 0.000000226. The van der Waals surface area contributed by atoms with Gasteiger partial charge < -0.3 is 5.11 Å². The summed E-state index contributed by atoms with van der Waals surface area (Å²) < 4.78 is -0.198. The van der Waals surface area contributed by atoms with Gasteiger partial charge in [0, 0.05) is 0 Å². The maximum atomic E-state index is 8.63. The molecule has 0 radical (unpaired) electrons. The van der Waals surface area contributed by atoms with Crippen LogP contribution in [0.3, 0.4) is 0 Å². The predicted molar refractivity (Wildman–Crippen MR) is 58.5 cm³/mol. The maximum absolute atomic E-state index is 8.63. The first-order valence-electron chi connectivity index (χ1n) is 3.14. The van der Waals surface area contributed by atoms with Gasteiger partial charge in [-0.1, -0.05) is 64.6 Å². The molecule has 0 saturated carbocycles. The first kappa shape index (κ1) is 12.9. The molecule has 0 bridgehead atoms. The highest BCUT2D eigenvalue weighted by Gasteiger charge is 1.88. The third-order valence-corrected chi connectivity index (χ3v) is 2.04. The molecule has 13 heavy (non-hydrogen) atoms. The van der Waals surface area contributed by atoms with E-state index >= 15 is 0 Å². The van der Waals surface area contributed by atoms with Crippen LogP contribution in [0.15, 0.2) is 39.3 Å². The van der Waals surface area contributed by atoms with Gasteiger partial charge in [0.1, 0.15) is 14.7 Å². The largest absolute Gasteiger partial charge is 0.508 e. The summed E-state index contributed by atoms with van der Waals surface area (Å²) >= 11 is 20.0. The van der Waals surface area contributed by atoms with E-state index in [-0.39, 0.29) is 8.98 Å². The molecule has 1 aromatic carbocycles. The van der Waals surface area contributed by atoms with Gasteiger partial charge in [-0.2, -0.15) is 0 Å². The maximum Gasteiger partial charge on any atom is 0.136 e. The number of para-hydroxylation sites is 1. The predicted octanol–water partition coefficient (Wildman–Crippen LogP) is 4.46. The fourth-order valence-electron chi connectivity index (χ4n) is 0.428. The topological polar surface area (TPSA) is 20.2 Å². The molecule has 1 rings (SSSR count). The van der Waals surface area contributed by atoms with Crippen LogP contribution in [0.5, 0.6) is 5.75 Å². The zero-order chi connectivity index (χ0) is 10.3. The zero-order valence-corrected chi connectivity index (χ0v) is 9.37. The SMILES string of the molecule is ClC(Cl)=C(Cl)Cl.Oc1ccccc1. The van der Waals surface area contributed by atoms with Gasteiger partial charge in [0.2, 0.25) is 0 Å². The van der Waals surface area contributed by atoms with E-state index in [0.29, 0.717) is 5.75 Å². The highest BCUT2D eigenvalue weighted by Crippen LogP contribution is 2.20. The lowest BCUT2D eigenvalue weighted by Crippen LogP contribution is -1.56. The quantitative estimate of drug-likeness (QED) is 0.729. The molecule has 1 N–H and O–H groups in total.